The Hall–Kier alpha value is -3.40. The van der Waals surface area contributed by atoms with Crippen molar-refractivity contribution in [2.75, 3.05) is 18.1 Å². The van der Waals surface area contributed by atoms with Crippen LogP contribution in [0.5, 0.6) is 0 Å². The third kappa shape index (κ3) is 6.32. The molecule has 2 heterocycles. The zero-order valence-electron chi connectivity index (χ0n) is 19.6. The molecule has 0 unspecified atom stereocenters. The maximum atomic E-state index is 12.5. The maximum Gasteiger partial charge on any atom is 0.305 e. The standard InChI is InChI=1S/C26H32N4O3/c1-5-6-7-12-15-33-23(31)13-10-8-9-11-14-30-22-17-19(3)18(2)16-21(22)29-24-25(30)27-20(4)28-26(24)32/h1,16-17H,4,6-15H2,2-3H3,(H,28,32). The van der Waals surface area contributed by atoms with Crippen molar-refractivity contribution in [3.8, 4) is 12.3 Å². The molecule has 0 saturated carbocycles. The van der Waals surface area contributed by atoms with E-state index in [-0.39, 0.29) is 11.5 Å². The van der Waals surface area contributed by atoms with Gasteiger partial charge >= 0.3 is 5.97 Å². The van der Waals surface area contributed by atoms with Gasteiger partial charge in [0.2, 0.25) is 0 Å². The van der Waals surface area contributed by atoms with E-state index >= 15 is 0 Å². The number of nitrogens with one attached hydrogen (secondary N) is 1. The molecule has 0 amide bonds. The molecule has 1 N–H and O–H groups in total. The number of H-pyrrole nitrogens is 1. The van der Waals surface area contributed by atoms with Gasteiger partial charge in [0.1, 0.15) is 5.48 Å². The number of carbonyl (C=O) groups excluding carboxylic acids is 1. The van der Waals surface area contributed by atoms with Gasteiger partial charge in [-0.2, -0.15) is 0 Å². The number of esters is 1. The van der Waals surface area contributed by atoms with Crippen LogP contribution in [0, 0.1) is 26.2 Å². The van der Waals surface area contributed by atoms with Gasteiger partial charge < -0.3 is 14.6 Å². The number of hydrogen-bond acceptors (Lipinski definition) is 6. The minimum absolute atomic E-state index is 0.145. The van der Waals surface area contributed by atoms with Gasteiger partial charge in [-0.05, 0) is 62.8 Å². The summed E-state index contributed by atoms with van der Waals surface area (Å²) in [6, 6.07) is 4.11. The first kappa shape index (κ1) is 24.2. The highest BCUT2D eigenvalue weighted by atomic mass is 16.5. The number of hydrogen-bond donors (Lipinski definition) is 1. The molecule has 0 bridgehead atoms. The SMILES string of the molecule is C#CCCCCOC(=O)CCCCCCN1c2cc(C)c(C)cc2N=c2c1nc(=C)[nH]c2=O. The van der Waals surface area contributed by atoms with E-state index in [1.165, 1.54) is 0 Å². The second kappa shape index (κ2) is 11.5. The minimum atomic E-state index is -0.281. The molecule has 0 aliphatic carbocycles. The lowest BCUT2D eigenvalue weighted by molar-refractivity contribution is -0.143. The Morgan fingerprint density at radius 2 is 1.91 bits per heavy atom. The minimum Gasteiger partial charge on any atom is -0.466 e. The second-order valence-corrected chi connectivity index (χ2v) is 8.42. The molecule has 1 aromatic heterocycles. The van der Waals surface area contributed by atoms with Crippen molar-refractivity contribution in [2.45, 2.75) is 65.2 Å². The van der Waals surface area contributed by atoms with Crippen LogP contribution >= 0.6 is 0 Å². The Bertz CT molecular complexity index is 1210. The van der Waals surface area contributed by atoms with Crippen molar-refractivity contribution in [3.63, 3.8) is 0 Å². The molecule has 3 rings (SSSR count). The third-order valence-electron chi connectivity index (χ3n) is 5.79. The van der Waals surface area contributed by atoms with Crippen LogP contribution in [0.2, 0.25) is 0 Å². The lowest BCUT2D eigenvalue weighted by Crippen LogP contribution is -2.42. The number of fused-ring (bicyclic) bond motifs is 2. The van der Waals surface area contributed by atoms with Crippen molar-refractivity contribution in [1.82, 2.24) is 9.97 Å². The Morgan fingerprint density at radius 1 is 1.15 bits per heavy atom. The fourth-order valence-corrected chi connectivity index (χ4v) is 3.82. The quantitative estimate of drug-likeness (QED) is 0.323. The van der Waals surface area contributed by atoms with Gasteiger partial charge in [0.15, 0.2) is 11.2 Å². The number of aryl methyl sites for hydroxylation is 2. The molecule has 1 aromatic carbocycles. The molecule has 1 aliphatic heterocycles. The van der Waals surface area contributed by atoms with E-state index in [0.717, 1.165) is 67.4 Å². The summed E-state index contributed by atoms with van der Waals surface area (Å²) in [5.41, 5.74) is 4.06. The number of aromatic nitrogens is 2. The summed E-state index contributed by atoms with van der Waals surface area (Å²) < 4.78 is 5.24. The number of terminal acetylenes is 1. The Kier molecular flexibility index (Phi) is 8.42. The summed E-state index contributed by atoms with van der Waals surface area (Å²) >= 11 is 0. The van der Waals surface area contributed by atoms with Crippen LogP contribution in [-0.4, -0.2) is 29.1 Å². The number of rotatable bonds is 11. The Morgan fingerprint density at radius 3 is 2.70 bits per heavy atom. The zero-order chi connectivity index (χ0) is 23.8. The number of benzene rings is 1. The van der Waals surface area contributed by atoms with E-state index in [0.29, 0.717) is 36.2 Å². The smallest absolute Gasteiger partial charge is 0.305 e. The van der Waals surface area contributed by atoms with Crippen LogP contribution < -0.4 is 21.3 Å². The van der Waals surface area contributed by atoms with E-state index < -0.39 is 0 Å². The molecule has 0 spiro atoms. The molecule has 33 heavy (non-hydrogen) atoms. The van der Waals surface area contributed by atoms with E-state index in [4.69, 9.17) is 11.2 Å². The monoisotopic (exact) mass is 448 g/mol. The van der Waals surface area contributed by atoms with Gasteiger partial charge in [0.05, 0.1) is 18.0 Å². The van der Waals surface area contributed by atoms with Crippen molar-refractivity contribution in [1.29, 1.82) is 0 Å². The molecule has 0 saturated heterocycles. The number of anilines is 2. The Labute approximate surface area is 194 Å². The van der Waals surface area contributed by atoms with Crippen molar-refractivity contribution in [2.24, 2.45) is 4.99 Å². The van der Waals surface area contributed by atoms with Gasteiger partial charge in [-0.3, -0.25) is 9.59 Å². The largest absolute Gasteiger partial charge is 0.466 e. The number of aromatic amines is 1. The van der Waals surface area contributed by atoms with Crippen molar-refractivity contribution >= 4 is 29.7 Å². The number of nitrogens with zero attached hydrogens (tertiary/aromatic N) is 3. The van der Waals surface area contributed by atoms with Gasteiger partial charge in [-0.15, -0.1) is 12.3 Å². The van der Waals surface area contributed by atoms with E-state index in [1.807, 2.05) is 13.0 Å². The summed E-state index contributed by atoms with van der Waals surface area (Å²) in [7, 11) is 0. The van der Waals surface area contributed by atoms with Crippen LogP contribution in [0.3, 0.4) is 0 Å². The predicted molar refractivity (Wildman–Crippen MR) is 130 cm³/mol. The summed E-state index contributed by atoms with van der Waals surface area (Å²) in [5.74, 6) is 2.99. The molecule has 0 fully saturated rings. The van der Waals surface area contributed by atoms with Gasteiger partial charge in [0, 0.05) is 19.4 Å². The first-order chi connectivity index (χ1) is 15.9. The highest BCUT2D eigenvalue weighted by molar-refractivity contribution is 5.77. The zero-order valence-corrected chi connectivity index (χ0v) is 19.6. The fraction of sp³-hybridized carbons (Fsp3) is 0.462. The van der Waals surface area contributed by atoms with E-state index in [2.05, 4.69) is 45.3 Å². The molecule has 2 aromatic rings. The number of ether oxygens (including phenoxy) is 1. The lowest BCUT2D eigenvalue weighted by atomic mass is 10.1. The first-order valence-corrected chi connectivity index (χ1v) is 11.6. The van der Waals surface area contributed by atoms with E-state index in [1.54, 1.807) is 0 Å². The van der Waals surface area contributed by atoms with Crippen molar-refractivity contribution < 1.29 is 9.53 Å². The molecule has 0 radical (unpaired) electrons. The normalized spacial score (nSPS) is 11.8. The molecule has 1 aliphatic rings. The molecule has 0 atom stereocenters. The van der Waals surface area contributed by atoms with Crippen LogP contribution in [0.4, 0.5) is 17.2 Å². The summed E-state index contributed by atoms with van der Waals surface area (Å²) in [6.45, 7) is 9.04. The predicted octanol–water partition coefficient (Wildman–Crippen LogP) is 3.50. The van der Waals surface area contributed by atoms with Crippen LogP contribution in [-0.2, 0) is 9.53 Å². The van der Waals surface area contributed by atoms with Crippen LogP contribution in [0.15, 0.2) is 21.9 Å². The van der Waals surface area contributed by atoms with Crippen molar-refractivity contribution in [3.05, 3.63) is 44.5 Å². The van der Waals surface area contributed by atoms with Gasteiger partial charge in [-0.25, -0.2) is 9.98 Å². The lowest BCUT2D eigenvalue weighted by Gasteiger charge is -2.28. The van der Waals surface area contributed by atoms with Gasteiger partial charge in [0.25, 0.3) is 5.56 Å². The van der Waals surface area contributed by atoms with Gasteiger partial charge in [-0.1, -0.05) is 19.4 Å². The average Bonchev–Trinajstić information content (AvgIpc) is 2.77. The summed E-state index contributed by atoms with van der Waals surface area (Å²) in [5, 5.41) is 0.322. The maximum absolute atomic E-state index is 12.5. The fourth-order valence-electron chi connectivity index (χ4n) is 3.82. The molecule has 7 heteroatoms. The number of carbonyl (C=O) groups is 1. The molecule has 7 nitrogen and oxygen atoms in total. The highest BCUT2D eigenvalue weighted by Crippen LogP contribution is 2.36. The van der Waals surface area contributed by atoms with Crippen LogP contribution in [0.1, 0.15) is 62.5 Å². The topological polar surface area (TPSA) is 87.7 Å². The summed E-state index contributed by atoms with van der Waals surface area (Å²) in [6.07, 6.45) is 11.6. The average molecular weight is 449 g/mol. The third-order valence-corrected chi connectivity index (χ3v) is 5.79. The highest BCUT2D eigenvalue weighted by Gasteiger charge is 2.23. The molecular weight excluding hydrogens is 416 g/mol. The number of unbranched alkanes of at least 4 members (excludes halogenated alkanes) is 5. The van der Waals surface area contributed by atoms with E-state index in [9.17, 15) is 9.59 Å². The molecule has 174 valence electrons. The summed E-state index contributed by atoms with van der Waals surface area (Å²) in [4.78, 5) is 38.1. The molecular formula is C26H32N4O3. The van der Waals surface area contributed by atoms with Crippen LogP contribution in [0.25, 0.3) is 6.58 Å². The first-order valence-electron chi connectivity index (χ1n) is 11.6. The second-order valence-electron chi connectivity index (χ2n) is 8.42. The Balaban J connectivity index is 1.56.